The number of carboxylic acids is 1. The van der Waals surface area contributed by atoms with Gasteiger partial charge in [-0.2, -0.15) is 0 Å². The van der Waals surface area contributed by atoms with E-state index in [0.717, 1.165) is 6.07 Å². The number of rotatable bonds is 3. The van der Waals surface area contributed by atoms with Crippen LogP contribution in [0.25, 0.3) is 0 Å². The Morgan fingerprint density at radius 2 is 2.20 bits per heavy atom. The summed E-state index contributed by atoms with van der Waals surface area (Å²) in [6.45, 7) is 0. The van der Waals surface area contributed by atoms with Crippen LogP contribution >= 0.6 is 0 Å². The van der Waals surface area contributed by atoms with E-state index in [1.165, 1.54) is 13.1 Å². The lowest BCUT2D eigenvalue weighted by atomic mass is 10.1. The van der Waals surface area contributed by atoms with Crippen LogP contribution in [0.4, 0.5) is 17.1 Å². The number of benzene rings is 1. The predicted octanol–water partition coefficient (Wildman–Crippen LogP) is 0.917. The molecule has 7 nitrogen and oxygen atoms in total. The van der Waals surface area contributed by atoms with Gasteiger partial charge in [0.15, 0.2) is 0 Å². The number of carbonyl (C=O) groups is 1. The molecule has 1 aromatic rings. The zero-order valence-electron chi connectivity index (χ0n) is 7.85. The van der Waals surface area contributed by atoms with Crippen molar-refractivity contribution < 1.29 is 14.8 Å². The Hall–Kier alpha value is -2.31. The summed E-state index contributed by atoms with van der Waals surface area (Å²) in [4.78, 5) is 20.6. The van der Waals surface area contributed by atoms with Gasteiger partial charge in [-0.3, -0.25) is 10.1 Å². The second-order valence-electron chi connectivity index (χ2n) is 2.77. The maximum Gasteiger partial charge on any atom is 0.338 e. The van der Waals surface area contributed by atoms with Crippen LogP contribution in [-0.4, -0.2) is 23.0 Å². The summed E-state index contributed by atoms with van der Waals surface area (Å²) >= 11 is 0. The SMILES string of the molecule is CNc1cc(N)c([N+](=O)[O-])cc1C(=O)O. The van der Waals surface area contributed by atoms with Crippen molar-refractivity contribution in [2.45, 2.75) is 0 Å². The summed E-state index contributed by atoms with van der Waals surface area (Å²) in [5.74, 6) is -1.25. The zero-order chi connectivity index (χ0) is 11.6. The Morgan fingerprint density at radius 3 is 2.60 bits per heavy atom. The third-order valence-electron chi connectivity index (χ3n) is 1.86. The molecule has 0 aromatic heterocycles. The summed E-state index contributed by atoms with van der Waals surface area (Å²) in [6, 6.07) is 2.16. The van der Waals surface area contributed by atoms with Crippen molar-refractivity contribution in [2.75, 3.05) is 18.1 Å². The van der Waals surface area contributed by atoms with E-state index < -0.39 is 16.6 Å². The molecule has 0 radical (unpaired) electrons. The molecule has 0 fully saturated rings. The van der Waals surface area contributed by atoms with Crippen LogP contribution in [0.2, 0.25) is 0 Å². The lowest BCUT2D eigenvalue weighted by Gasteiger charge is -2.06. The van der Waals surface area contributed by atoms with E-state index in [0.29, 0.717) is 0 Å². The van der Waals surface area contributed by atoms with E-state index in [4.69, 9.17) is 10.8 Å². The second kappa shape index (κ2) is 3.82. The van der Waals surface area contributed by atoms with Gasteiger partial charge < -0.3 is 16.2 Å². The van der Waals surface area contributed by atoms with Gasteiger partial charge in [0.05, 0.1) is 16.2 Å². The van der Waals surface area contributed by atoms with Crippen molar-refractivity contribution in [3.05, 3.63) is 27.8 Å². The molecule has 1 rings (SSSR count). The van der Waals surface area contributed by atoms with E-state index in [9.17, 15) is 14.9 Å². The number of hydrogen-bond donors (Lipinski definition) is 3. The largest absolute Gasteiger partial charge is 0.478 e. The van der Waals surface area contributed by atoms with Crippen LogP contribution < -0.4 is 11.1 Å². The molecule has 15 heavy (non-hydrogen) atoms. The molecule has 0 spiro atoms. The van der Waals surface area contributed by atoms with Crippen LogP contribution in [0.1, 0.15) is 10.4 Å². The molecule has 0 aliphatic carbocycles. The predicted molar refractivity (Wildman–Crippen MR) is 54.0 cm³/mol. The van der Waals surface area contributed by atoms with Crippen molar-refractivity contribution in [3.63, 3.8) is 0 Å². The van der Waals surface area contributed by atoms with Crippen molar-refractivity contribution in [1.82, 2.24) is 0 Å². The third kappa shape index (κ3) is 1.96. The summed E-state index contributed by atoms with van der Waals surface area (Å²) < 4.78 is 0. The highest BCUT2D eigenvalue weighted by Crippen LogP contribution is 2.28. The first kappa shape index (κ1) is 10.8. The van der Waals surface area contributed by atoms with E-state index >= 15 is 0 Å². The van der Waals surface area contributed by atoms with E-state index in [2.05, 4.69) is 5.32 Å². The number of carboxylic acid groups (broad SMARTS) is 1. The molecule has 0 saturated heterocycles. The van der Waals surface area contributed by atoms with Gasteiger partial charge in [0.25, 0.3) is 5.69 Å². The van der Waals surface area contributed by atoms with Gasteiger partial charge in [-0.05, 0) is 6.07 Å². The normalized spacial score (nSPS) is 9.67. The number of anilines is 2. The Kier molecular flexibility index (Phi) is 2.75. The van der Waals surface area contributed by atoms with Crippen molar-refractivity contribution in [3.8, 4) is 0 Å². The highest BCUT2D eigenvalue weighted by Gasteiger charge is 2.19. The molecule has 0 aliphatic heterocycles. The number of nitrogen functional groups attached to an aromatic ring is 1. The maximum atomic E-state index is 10.8. The fraction of sp³-hybridized carbons (Fsp3) is 0.125. The molecule has 7 heteroatoms. The molecule has 80 valence electrons. The first-order valence-electron chi connectivity index (χ1n) is 3.96. The monoisotopic (exact) mass is 211 g/mol. The number of nitro benzene ring substituents is 1. The second-order valence-corrected chi connectivity index (χ2v) is 2.77. The fourth-order valence-electron chi connectivity index (χ4n) is 1.15. The molecular formula is C8H9N3O4. The minimum atomic E-state index is -1.25. The maximum absolute atomic E-state index is 10.8. The van der Waals surface area contributed by atoms with Gasteiger partial charge in [0.1, 0.15) is 5.69 Å². The van der Waals surface area contributed by atoms with Crippen molar-refractivity contribution in [2.24, 2.45) is 0 Å². The molecule has 4 N–H and O–H groups in total. The molecule has 0 saturated carbocycles. The number of hydrogen-bond acceptors (Lipinski definition) is 5. The van der Waals surface area contributed by atoms with Gasteiger partial charge in [-0.15, -0.1) is 0 Å². The minimum absolute atomic E-state index is 0.0747. The summed E-state index contributed by atoms with van der Waals surface area (Å²) in [6.07, 6.45) is 0. The van der Waals surface area contributed by atoms with Crippen molar-refractivity contribution >= 4 is 23.0 Å². The average molecular weight is 211 g/mol. The van der Waals surface area contributed by atoms with Gasteiger partial charge in [-0.1, -0.05) is 0 Å². The Labute approximate surface area is 84.7 Å². The van der Waals surface area contributed by atoms with Crippen LogP contribution in [0, 0.1) is 10.1 Å². The molecule has 0 bridgehead atoms. The summed E-state index contributed by atoms with van der Waals surface area (Å²) in [5, 5.41) is 21.9. The number of aromatic carboxylic acids is 1. The third-order valence-corrected chi connectivity index (χ3v) is 1.86. The fourth-order valence-corrected chi connectivity index (χ4v) is 1.15. The number of nitrogens with one attached hydrogen (secondary N) is 1. The minimum Gasteiger partial charge on any atom is -0.478 e. The first-order chi connectivity index (χ1) is 6.97. The zero-order valence-corrected chi connectivity index (χ0v) is 7.85. The van der Waals surface area contributed by atoms with E-state index in [1.807, 2.05) is 0 Å². The molecule has 0 aliphatic rings. The molecule has 0 heterocycles. The standard InChI is InChI=1S/C8H9N3O4/c1-10-6-3-5(9)7(11(14)15)2-4(6)8(12)13/h2-3,10H,9H2,1H3,(H,12,13). The van der Waals surface area contributed by atoms with Gasteiger partial charge >= 0.3 is 5.97 Å². The Balaban J connectivity index is 3.43. The molecule has 1 aromatic carbocycles. The Morgan fingerprint density at radius 1 is 1.60 bits per heavy atom. The van der Waals surface area contributed by atoms with Crippen LogP contribution in [0.5, 0.6) is 0 Å². The molecular weight excluding hydrogens is 202 g/mol. The van der Waals surface area contributed by atoms with Crippen LogP contribution in [0.3, 0.4) is 0 Å². The number of nitro groups is 1. The lowest BCUT2D eigenvalue weighted by molar-refractivity contribution is -0.383. The summed E-state index contributed by atoms with van der Waals surface area (Å²) in [7, 11) is 1.51. The quantitative estimate of drug-likeness (QED) is 0.388. The highest BCUT2D eigenvalue weighted by atomic mass is 16.6. The molecule has 0 atom stereocenters. The van der Waals surface area contributed by atoms with Gasteiger partial charge in [0.2, 0.25) is 0 Å². The topological polar surface area (TPSA) is 118 Å². The average Bonchev–Trinajstić information content (AvgIpc) is 2.16. The van der Waals surface area contributed by atoms with E-state index in [-0.39, 0.29) is 16.9 Å². The van der Waals surface area contributed by atoms with Crippen molar-refractivity contribution in [1.29, 1.82) is 0 Å². The van der Waals surface area contributed by atoms with Crippen LogP contribution in [0.15, 0.2) is 12.1 Å². The van der Waals surface area contributed by atoms with E-state index in [1.54, 1.807) is 0 Å². The molecule has 0 amide bonds. The Bertz CT molecular complexity index is 430. The number of nitrogens with two attached hydrogens (primary N) is 1. The molecule has 0 unspecified atom stereocenters. The smallest absolute Gasteiger partial charge is 0.338 e. The highest BCUT2D eigenvalue weighted by molar-refractivity contribution is 5.96. The number of nitrogens with zero attached hydrogens (tertiary/aromatic N) is 1. The lowest BCUT2D eigenvalue weighted by Crippen LogP contribution is -2.06. The van der Waals surface area contributed by atoms with Gasteiger partial charge in [0, 0.05) is 13.1 Å². The van der Waals surface area contributed by atoms with Crippen LogP contribution in [-0.2, 0) is 0 Å². The first-order valence-corrected chi connectivity index (χ1v) is 3.96. The summed E-state index contributed by atoms with van der Waals surface area (Å²) in [5.41, 5.74) is 4.97. The van der Waals surface area contributed by atoms with Gasteiger partial charge in [-0.25, -0.2) is 4.79 Å².